The maximum atomic E-state index is 12.7. The molecule has 2 saturated heterocycles. The van der Waals surface area contributed by atoms with Crippen LogP contribution in [-0.4, -0.2) is 81.2 Å². The van der Waals surface area contributed by atoms with Crippen LogP contribution in [0.2, 0.25) is 0 Å². The fourth-order valence-corrected chi connectivity index (χ4v) is 5.59. The minimum Gasteiger partial charge on any atom is -0.458 e. The SMILES string of the molecule is CCC(O)C(C)C1OC1CC(C)/C=C/C1OC1(C)C1OC(=O)CC(O)CCC(C)(O)C(OC(C)=O)/C=C/C1C. The van der Waals surface area contributed by atoms with E-state index >= 15 is 0 Å². The number of esters is 2. The van der Waals surface area contributed by atoms with Crippen LogP contribution >= 0.6 is 0 Å². The van der Waals surface area contributed by atoms with E-state index in [1.54, 1.807) is 19.1 Å². The summed E-state index contributed by atoms with van der Waals surface area (Å²) in [4.78, 5) is 24.4. The van der Waals surface area contributed by atoms with Crippen molar-refractivity contribution in [1.29, 1.82) is 0 Å². The highest BCUT2D eigenvalue weighted by Crippen LogP contribution is 2.45. The topological polar surface area (TPSA) is 138 Å². The van der Waals surface area contributed by atoms with Crippen LogP contribution in [0.5, 0.6) is 0 Å². The molecule has 3 aliphatic rings. The predicted octanol–water partition coefficient (Wildman–Crippen LogP) is 3.23. The average molecular weight is 553 g/mol. The lowest BCUT2D eigenvalue weighted by Gasteiger charge is -2.33. The van der Waals surface area contributed by atoms with E-state index in [4.69, 9.17) is 18.9 Å². The normalized spacial score (nSPS) is 42.4. The summed E-state index contributed by atoms with van der Waals surface area (Å²) in [6.07, 6.45) is 6.16. The summed E-state index contributed by atoms with van der Waals surface area (Å²) in [7, 11) is 0. The lowest BCUT2D eigenvalue weighted by atomic mass is 9.86. The van der Waals surface area contributed by atoms with E-state index in [2.05, 4.69) is 13.0 Å². The van der Waals surface area contributed by atoms with Crippen LogP contribution in [0.25, 0.3) is 0 Å². The zero-order chi connectivity index (χ0) is 29.1. The van der Waals surface area contributed by atoms with E-state index in [1.807, 2.05) is 33.8 Å². The minimum absolute atomic E-state index is 0.0912. The lowest BCUT2D eigenvalue weighted by Crippen LogP contribution is -2.43. The van der Waals surface area contributed by atoms with E-state index < -0.39 is 41.5 Å². The lowest BCUT2D eigenvalue weighted by molar-refractivity contribution is -0.159. The van der Waals surface area contributed by atoms with E-state index in [-0.39, 0.29) is 61.4 Å². The van der Waals surface area contributed by atoms with Gasteiger partial charge in [0.05, 0.1) is 30.8 Å². The monoisotopic (exact) mass is 552 g/mol. The maximum Gasteiger partial charge on any atom is 0.308 e. The van der Waals surface area contributed by atoms with E-state index in [1.165, 1.54) is 6.92 Å². The number of epoxide rings is 2. The van der Waals surface area contributed by atoms with Crippen LogP contribution in [0.15, 0.2) is 24.3 Å². The van der Waals surface area contributed by atoms with Gasteiger partial charge in [0.15, 0.2) is 0 Å². The summed E-state index contributed by atoms with van der Waals surface area (Å²) in [5, 5.41) is 31.5. The molecule has 12 atom stereocenters. The second-order valence-corrected chi connectivity index (χ2v) is 12.2. The van der Waals surface area contributed by atoms with E-state index in [9.17, 15) is 24.9 Å². The smallest absolute Gasteiger partial charge is 0.308 e. The first-order chi connectivity index (χ1) is 18.2. The Labute approximate surface area is 232 Å². The zero-order valence-corrected chi connectivity index (χ0v) is 24.4. The molecule has 0 radical (unpaired) electrons. The van der Waals surface area contributed by atoms with Gasteiger partial charge >= 0.3 is 11.9 Å². The summed E-state index contributed by atoms with van der Waals surface area (Å²) < 4.78 is 23.1. The van der Waals surface area contributed by atoms with Crippen molar-refractivity contribution in [2.24, 2.45) is 17.8 Å². The fraction of sp³-hybridized carbons (Fsp3) is 0.800. The first kappa shape index (κ1) is 31.7. The summed E-state index contributed by atoms with van der Waals surface area (Å²) in [6, 6.07) is 0. The third-order valence-corrected chi connectivity index (χ3v) is 8.45. The van der Waals surface area contributed by atoms with Gasteiger partial charge < -0.3 is 34.3 Å². The average Bonchev–Trinajstić information content (AvgIpc) is 3.77. The molecule has 0 amide bonds. The Morgan fingerprint density at radius 2 is 1.97 bits per heavy atom. The van der Waals surface area contributed by atoms with Crippen molar-refractivity contribution in [3.8, 4) is 0 Å². The number of allylic oxidation sites excluding steroid dienone is 1. The molecule has 0 spiro atoms. The van der Waals surface area contributed by atoms with Gasteiger partial charge in [-0.2, -0.15) is 0 Å². The molecule has 0 aromatic carbocycles. The number of aliphatic hydroxyl groups excluding tert-OH is 2. The molecule has 3 heterocycles. The highest BCUT2D eigenvalue weighted by atomic mass is 16.6. The number of cyclic esters (lactones) is 1. The third kappa shape index (κ3) is 8.36. The molecule has 39 heavy (non-hydrogen) atoms. The second kappa shape index (κ2) is 12.8. The van der Waals surface area contributed by atoms with Gasteiger partial charge in [0, 0.05) is 18.8 Å². The predicted molar refractivity (Wildman–Crippen MR) is 145 cm³/mol. The maximum absolute atomic E-state index is 12.7. The molecule has 3 aliphatic heterocycles. The van der Waals surface area contributed by atoms with Gasteiger partial charge in [0.2, 0.25) is 0 Å². The summed E-state index contributed by atoms with van der Waals surface area (Å²) in [5.41, 5.74) is -2.19. The molecular formula is C30H48O9. The number of rotatable bonds is 9. The Bertz CT molecular complexity index is 914. The number of carbonyl (C=O) groups is 2. The molecule has 2 fully saturated rings. The van der Waals surface area contributed by atoms with Gasteiger partial charge in [-0.15, -0.1) is 0 Å². The van der Waals surface area contributed by atoms with Gasteiger partial charge in [-0.3, -0.25) is 9.59 Å². The Kier molecular flexibility index (Phi) is 10.4. The first-order valence-corrected chi connectivity index (χ1v) is 14.3. The molecule has 0 aromatic rings. The molecule has 12 unspecified atom stereocenters. The minimum atomic E-state index is -1.42. The Morgan fingerprint density at radius 3 is 2.62 bits per heavy atom. The molecule has 0 aromatic heterocycles. The van der Waals surface area contributed by atoms with Crippen LogP contribution < -0.4 is 0 Å². The number of ether oxygens (including phenoxy) is 4. The Balaban J connectivity index is 1.68. The van der Waals surface area contributed by atoms with Crippen molar-refractivity contribution in [2.45, 2.75) is 135 Å². The summed E-state index contributed by atoms with van der Waals surface area (Å²) >= 11 is 0. The van der Waals surface area contributed by atoms with Crippen molar-refractivity contribution >= 4 is 11.9 Å². The van der Waals surface area contributed by atoms with Crippen molar-refractivity contribution in [3.05, 3.63) is 24.3 Å². The highest BCUT2D eigenvalue weighted by molar-refractivity contribution is 5.70. The molecular weight excluding hydrogens is 504 g/mol. The Hall–Kier alpha value is -1.78. The number of hydrogen-bond acceptors (Lipinski definition) is 9. The summed E-state index contributed by atoms with van der Waals surface area (Å²) in [5.74, 6) is -1.04. The zero-order valence-electron chi connectivity index (χ0n) is 24.4. The Morgan fingerprint density at radius 1 is 1.28 bits per heavy atom. The van der Waals surface area contributed by atoms with E-state index in [0.29, 0.717) is 6.42 Å². The van der Waals surface area contributed by atoms with Gasteiger partial charge in [0.25, 0.3) is 0 Å². The van der Waals surface area contributed by atoms with Gasteiger partial charge in [-0.05, 0) is 51.5 Å². The molecule has 0 saturated carbocycles. The summed E-state index contributed by atoms with van der Waals surface area (Å²) in [6.45, 7) is 12.7. The highest BCUT2D eigenvalue weighted by Gasteiger charge is 2.59. The second-order valence-electron chi connectivity index (χ2n) is 12.2. The van der Waals surface area contributed by atoms with Crippen LogP contribution in [-0.2, 0) is 28.5 Å². The molecule has 0 bridgehead atoms. The molecule has 9 nitrogen and oxygen atoms in total. The van der Waals surface area contributed by atoms with Crippen molar-refractivity contribution in [1.82, 2.24) is 0 Å². The van der Waals surface area contributed by atoms with Crippen LogP contribution in [0.4, 0.5) is 0 Å². The van der Waals surface area contributed by atoms with Gasteiger partial charge in [-0.1, -0.05) is 45.9 Å². The molecule has 9 heteroatoms. The third-order valence-electron chi connectivity index (χ3n) is 8.45. The molecule has 222 valence electrons. The molecule has 3 rings (SSSR count). The fourth-order valence-electron chi connectivity index (χ4n) is 5.59. The number of aliphatic hydroxyl groups is 3. The standard InChI is InChI=1S/C30H48O9/c1-8-22(33)19(4)27-23(37-27)15-17(2)9-11-25-30(7,39-25)28-18(3)10-12-24(36-20(5)31)29(6,35)14-13-21(32)16-26(34)38-28/h9-12,17-19,21-25,27-28,32-33,35H,8,13-16H2,1-7H3/b11-9+,12-10+. The van der Waals surface area contributed by atoms with Crippen LogP contribution in [0.1, 0.15) is 80.6 Å². The van der Waals surface area contributed by atoms with Crippen molar-refractivity contribution in [3.63, 3.8) is 0 Å². The quantitative estimate of drug-likeness (QED) is 0.224. The largest absolute Gasteiger partial charge is 0.458 e. The van der Waals surface area contributed by atoms with Gasteiger partial charge in [0.1, 0.15) is 29.5 Å². The number of hydrogen-bond donors (Lipinski definition) is 3. The molecule has 3 N–H and O–H groups in total. The van der Waals surface area contributed by atoms with Crippen LogP contribution in [0.3, 0.4) is 0 Å². The number of carbonyl (C=O) groups excluding carboxylic acids is 2. The van der Waals surface area contributed by atoms with Gasteiger partial charge in [-0.25, -0.2) is 0 Å². The first-order valence-electron chi connectivity index (χ1n) is 14.3. The molecule has 0 aliphatic carbocycles. The van der Waals surface area contributed by atoms with Crippen molar-refractivity contribution < 1.29 is 43.9 Å². The van der Waals surface area contributed by atoms with Crippen LogP contribution in [0, 0.1) is 17.8 Å². The van der Waals surface area contributed by atoms with Crippen molar-refractivity contribution in [2.75, 3.05) is 0 Å². The van der Waals surface area contributed by atoms with E-state index in [0.717, 1.165) is 6.42 Å².